The van der Waals surface area contributed by atoms with Gasteiger partial charge >= 0.3 is 0 Å². The second-order valence-electron chi connectivity index (χ2n) is 6.69. The molecule has 1 amide bonds. The highest BCUT2D eigenvalue weighted by atomic mass is 32.2. The van der Waals surface area contributed by atoms with Crippen LogP contribution in [0.15, 0.2) is 23.1 Å². The van der Waals surface area contributed by atoms with Crippen LogP contribution in [0.1, 0.15) is 38.2 Å². The van der Waals surface area contributed by atoms with Gasteiger partial charge in [0.15, 0.2) is 0 Å². The van der Waals surface area contributed by atoms with E-state index in [4.69, 9.17) is 4.74 Å². The molecule has 26 heavy (non-hydrogen) atoms. The first-order valence-corrected chi connectivity index (χ1v) is 10.4. The third kappa shape index (κ3) is 4.00. The number of benzene rings is 1. The lowest BCUT2D eigenvalue weighted by molar-refractivity contribution is -0.126. The van der Waals surface area contributed by atoms with Crippen LogP contribution in [0.4, 0.5) is 0 Å². The van der Waals surface area contributed by atoms with E-state index in [0.717, 1.165) is 12.8 Å². The number of carbonyl (C=O) groups excluding carboxylic acids is 1. The van der Waals surface area contributed by atoms with E-state index in [-0.39, 0.29) is 34.9 Å². The number of hydrogen-bond donors (Lipinski definition) is 1. The summed E-state index contributed by atoms with van der Waals surface area (Å²) in [6, 6.07) is 6.55. The molecular weight excluding hydrogens is 354 g/mol. The average molecular weight is 377 g/mol. The van der Waals surface area contributed by atoms with Crippen molar-refractivity contribution in [3.63, 3.8) is 0 Å². The Labute approximate surface area is 154 Å². The van der Waals surface area contributed by atoms with Crippen LogP contribution in [0, 0.1) is 17.2 Å². The maximum Gasteiger partial charge on any atom is 0.243 e. The van der Waals surface area contributed by atoms with Crippen molar-refractivity contribution in [2.45, 2.75) is 43.5 Å². The van der Waals surface area contributed by atoms with Gasteiger partial charge in [-0.15, -0.1) is 0 Å². The van der Waals surface area contributed by atoms with Gasteiger partial charge in [-0.05, 0) is 50.8 Å². The largest absolute Gasteiger partial charge is 0.492 e. The van der Waals surface area contributed by atoms with Gasteiger partial charge in [0.05, 0.1) is 23.0 Å². The Kier molecular flexibility index (Phi) is 5.49. The second kappa shape index (κ2) is 7.64. The van der Waals surface area contributed by atoms with Crippen molar-refractivity contribution < 1.29 is 17.9 Å². The summed E-state index contributed by atoms with van der Waals surface area (Å²) >= 11 is 0. The third-order valence-corrected chi connectivity index (χ3v) is 6.55. The molecule has 1 unspecified atom stereocenters. The zero-order valence-corrected chi connectivity index (χ0v) is 15.6. The minimum Gasteiger partial charge on any atom is -0.492 e. The molecule has 1 heterocycles. The molecule has 0 bridgehead atoms. The fourth-order valence-corrected chi connectivity index (χ4v) is 4.66. The van der Waals surface area contributed by atoms with Gasteiger partial charge in [-0.2, -0.15) is 9.57 Å². The number of rotatable bonds is 6. The van der Waals surface area contributed by atoms with E-state index in [1.807, 2.05) is 6.07 Å². The summed E-state index contributed by atoms with van der Waals surface area (Å²) in [7, 11) is -3.76. The molecule has 3 rings (SSSR count). The number of nitriles is 1. The van der Waals surface area contributed by atoms with E-state index >= 15 is 0 Å². The van der Waals surface area contributed by atoms with Crippen LogP contribution >= 0.6 is 0 Å². The lowest BCUT2D eigenvalue weighted by Crippen LogP contribution is -2.45. The van der Waals surface area contributed by atoms with Gasteiger partial charge in [0.25, 0.3) is 0 Å². The van der Waals surface area contributed by atoms with E-state index in [0.29, 0.717) is 31.7 Å². The number of sulfonamides is 1. The number of hydrogen-bond acceptors (Lipinski definition) is 5. The van der Waals surface area contributed by atoms with Crippen molar-refractivity contribution in [1.29, 1.82) is 5.26 Å². The molecule has 8 heteroatoms. The van der Waals surface area contributed by atoms with Crippen molar-refractivity contribution in [3.05, 3.63) is 23.8 Å². The maximum atomic E-state index is 13.0. The standard InChI is InChI=1S/C18H23N3O4S/c1-2-25-17-8-7-16(10-14(17)11-19)26(23,24)21-9-3-4-13(12-21)18(22)20-15-5-6-15/h7-8,10,13,15H,2-6,9,12H2,1H3,(H,20,22). The van der Waals surface area contributed by atoms with Crippen LogP contribution < -0.4 is 10.1 Å². The van der Waals surface area contributed by atoms with Crippen LogP contribution in [-0.2, 0) is 14.8 Å². The molecule has 1 aliphatic carbocycles. The molecule has 1 atom stereocenters. The fraction of sp³-hybridized carbons (Fsp3) is 0.556. The second-order valence-corrected chi connectivity index (χ2v) is 8.63. The smallest absolute Gasteiger partial charge is 0.243 e. The van der Waals surface area contributed by atoms with E-state index in [1.165, 1.54) is 22.5 Å². The van der Waals surface area contributed by atoms with Crippen molar-refractivity contribution >= 4 is 15.9 Å². The molecule has 1 aromatic rings. The number of nitrogens with zero attached hydrogens (tertiary/aromatic N) is 2. The first-order chi connectivity index (χ1) is 12.5. The highest BCUT2D eigenvalue weighted by Gasteiger charge is 2.35. The lowest BCUT2D eigenvalue weighted by atomic mass is 9.99. The zero-order valence-electron chi connectivity index (χ0n) is 14.8. The minimum atomic E-state index is -3.76. The SMILES string of the molecule is CCOc1ccc(S(=O)(=O)N2CCCC(C(=O)NC3CC3)C2)cc1C#N. The van der Waals surface area contributed by atoms with E-state index in [9.17, 15) is 18.5 Å². The van der Waals surface area contributed by atoms with Gasteiger partial charge in [0.2, 0.25) is 15.9 Å². The van der Waals surface area contributed by atoms with Gasteiger partial charge < -0.3 is 10.1 Å². The molecule has 2 fully saturated rings. The summed E-state index contributed by atoms with van der Waals surface area (Å²) in [6.45, 7) is 2.75. The number of amides is 1. The highest BCUT2D eigenvalue weighted by molar-refractivity contribution is 7.89. The van der Waals surface area contributed by atoms with Crippen LogP contribution in [0.5, 0.6) is 5.75 Å². The van der Waals surface area contributed by atoms with Crippen molar-refractivity contribution in [3.8, 4) is 11.8 Å². The Morgan fingerprint density at radius 3 is 2.81 bits per heavy atom. The zero-order chi connectivity index (χ0) is 18.7. The Morgan fingerprint density at radius 1 is 1.38 bits per heavy atom. The summed E-state index contributed by atoms with van der Waals surface area (Å²) in [6.07, 6.45) is 3.34. The van der Waals surface area contributed by atoms with Gasteiger partial charge in [0, 0.05) is 19.1 Å². The van der Waals surface area contributed by atoms with E-state index in [1.54, 1.807) is 6.92 Å². The molecule has 1 aromatic carbocycles. The Balaban J connectivity index is 1.78. The summed E-state index contributed by atoms with van der Waals surface area (Å²) < 4.78 is 32.6. The molecular formula is C18H23N3O4S. The summed E-state index contributed by atoms with van der Waals surface area (Å²) in [5.41, 5.74) is 0.188. The molecule has 1 aliphatic heterocycles. The molecule has 140 valence electrons. The van der Waals surface area contributed by atoms with Crippen LogP contribution in [0.2, 0.25) is 0 Å². The Bertz CT molecular complexity index is 827. The molecule has 0 radical (unpaired) electrons. The van der Waals surface area contributed by atoms with Gasteiger partial charge in [0.1, 0.15) is 11.8 Å². The monoisotopic (exact) mass is 377 g/mol. The number of carbonyl (C=O) groups is 1. The van der Waals surface area contributed by atoms with E-state index < -0.39 is 10.0 Å². The van der Waals surface area contributed by atoms with Gasteiger partial charge in [-0.1, -0.05) is 0 Å². The van der Waals surface area contributed by atoms with Crippen LogP contribution in [0.25, 0.3) is 0 Å². The molecule has 1 saturated carbocycles. The van der Waals surface area contributed by atoms with Crippen LogP contribution in [0.3, 0.4) is 0 Å². The van der Waals surface area contributed by atoms with E-state index in [2.05, 4.69) is 5.32 Å². The Morgan fingerprint density at radius 2 is 2.15 bits per heavy atom. The Hall–Kier alpha value is -2.11. The quantitative estimate of drug-likeness (QED) is 0.812. The topological polar surface area (TPSA) is 99.5 Å². The van der Waals surface area contributed by atoms with Gasteiger partial charge in [-0.25, -0.2) is 8.42 Å². The fourth-order valence-electron chi connectivity index (χ4n) is 3.11. The predicted octanol–water partition coefficient (Wildman–Crippen LogP) is 1.64. The molecule has 0 spiro atoms. The predicted molar refractivity (Wildman–Crippen MR) is 95.0 cm³/mol. The molecule has 1 saturated heterocycles. The minimum absolute atomic E-state index is 0.0563. The van der Waals surface area contributed by atoms with Crippen molar-refractivity contribution in [2.75, 3.05) is 19.7 Å². The first-order valence-electron chi connectivity index (χ1n) is 8.93. The van der Waals surface area contributed by atoms with Crippen LogP contribution in [-0.4, -0.2) is 44.4 Å². The summed E-state index contributed by atoms with van der Waals surface area (Å²) in [5.74, 6) is -0.0108. The average Bonchev–Trinajstić information content (AvgIpc) is 3.46. The lowest BCUT2D eigenvalue weighted by Gasteiger charge is -2.31. The molecule has 0 aromatic heterocycles. The first kappa shape index (κ1) is 18.7. The molecule has 1 N–H and O–H groups in total. The number of piperidine rings is 1. The maximum absolute atomic E-state index is 13.0. The number of ether oxygens (including phenoxy) is 1. The normalized spacial score (nSPS) is 21.0. The van der Waals surface area contributed by atoms with Crippen molar-refractivity contribution in [1.82, 2.24) is 9.62 Å². The summed E-state index contributed by atoms with van der Waals surface area (Å²) in [5, 5.41) is 12.2. The summed E-state index contributed by atoms with van der Waals surface area (Å²) in [4.78, 5) is 12.3. The highest BCUT2D eigenvalue weighted by Crippen LogP contribution is 2.28. The van der Waals surface area contributed by atoms with Gasteiger partial charge in [-0.3, -0.25) is 4.79 Å². The molecule has 7 nitrogen and oxygen atoms in total. The third-order valence-electron chi connectivity index (χ3n) is 4.69. The van der Waals surface area contributed by atoms with Crippen molar-refractivity contribution in [2.24, 2.45) is 5.92 Å². The molecule has 2 aliphatic rings. The number of nitrogens with one attached hydrogen (secondary N) is 1.